The van der Waals surface area contributed by atoms with Gasteiger partial charge in [-0.1, -0.05) is 36.4 Å². The second-order valence-corrected chi connectivity index (χ2v) is 8.45. The number of benzene rings is 2. The molecule has 2 heterocycles. The van der Waals surface area contributed by atoms with Crippen molar-refractivity contribution in [2.45, 2.75) is 25.8 Å². The lowest BCUT2D eigenvalue weighted by molar-refractivity contribution is 0.147. The van der Waals surface area contributed by atoms with E-state index in [0.29, 0.717) is 5.92 Å². The van der Waals surface area contributed by atoms with Crippen molar-refractivity contribution in [3.8, 4) is 0 Å². The molecule has 2 aliphatic heterocycles. The second-order valence-electron chi connectivity index (χ2n) is 7.59. The van der Waals surface area contributed by atoms with Crippen LogP contribution in [0.5, 0.6) is 0 Å². The monoisotopic (exact) mass is 427 g/mol. The highest BCUT2D eigenvalue weighted by molar-refractivity contribution is 9.10. The fourth-order valence-electron chi connectivity index (χ4n) is 4.15. The molecular formula is C22H26BrN3O. The Morgan fingerprint density at radius 3 is 2.48 bits per heavy atom. The Labute approximate surface area is 169 Å². The number of piperidine rings is 1. The molecule has 1 N–H and O–H groups in total. The third kappa shape index (κ3) is 4.53. The van der Waals surface area contributed by atoms with Gasteiger partial charge in [0.1, 0.15) is 0 Å². The van der Waals surface area contributed by atoms with Gasteiger partial charge in [-0.3, -0.25) is 4.90 Å². The van der Waals surface area contributed by atoms with Crippen molar-refractivity contribution in [3.63, 3.8) is 0 Å². The summed E-state index contributed by atoms with van der Waals surface area (Å²) in [6.07, 6.45) is 3.33. The van der Waals surface area contributed by atoms with Gasteiger partial charge in [0.15, 0.2) is 0 Å². The smallest absolute Gasteiger partial charge is 0.321 e. The molecule has 0 unspecified atom stereocenters. The first-order valence-corrected chi connectivity index (χ1v) is 10.6. The molecule has 0 atom stereocenters. The minimum atomic E-state index is 0.00671. The highest BCUT2D eigenvalue weighted by Gasteiger charge is 2.26. The van der Waals surface area contributed by atoms with Gasteiger partial charge in [0.25, 0.3) is 0 Å². The number of nitrogens with zero attached hydrogens (tertiary/aromatic N) is 2. The summed E-state index contributed by atoms with van der Waals surface area (Å²) in [5.41, 5.74) is 3.82. The maximum absolute atomic E-state index is 12.5. The fourth-order valence-corrected chi connectivity index (χ4v) is 4.53. The number of urea groups is 1. The van der Waals surface area contributed by atoms with E-state index in [9.17, 15) is 4.79 Å². The number of fused-ring (bicyclic) bond motifs is 1. The van der Waals surface area contributed by atoms with Crippen molar-refractivity contribution in [1.29, 1.82) is 0 Å². The van der Waals surface area contributed by atoms with Gasteiger partial charge in [0.2, 0.25) is 0 Å². The van der Waals surface area contributed by atoms with Crippen molar-refractivity contribution in [2.75, 3.05) is 31.5 Å². The van der Waals surface area contributed by atoms with Crippen LogP contribution in [0.2, 0.25) is 0 Å². The van der Waals surface area contributed by atoms with Crippen LogP contribution in [0.1, 0.15) is 24.0 Å². The quantitative estimate of drug-likeness (QED) is 0.766. The van der Waals surface area contributed by atoms with E-state index in [4.69, 9.17) is 0 Å². The third-order valence-electron chi connectivity index (χ3n) is 5.74. The van der Waals surface area contributed by atoms with Gasteiger partial charge in [-0.05, 0) is 64.4 Å². The van der Waals surface area contributed by atoms with Crippen LogP contribution in [-0.2, 0) is 13.0 Å². The van der Waals surface area contributed by atoms with E-state index in [2.05, 4.69) is 50.4 Å². The minimum absolute atomic E-state index is 0.00671. The Kier molecular flexibility index (Phi) is 5.79. The lowest BCUT2D eigenvalue weighted by Crippen LogP contribution is -2.44. The van der Waals surface area contributed by atoms with E-state index in [1.165, 1.54) is 11.1 Å². The third-order valence-corrected chi connectivity index (χ3v) is 6.43. The molecule has 27 heavy (non-hydrogen) atoms. The standard InChI is InChI=1S/C22H26BrN3O/c23-20-7-3-4-8-21(20)24-22(27)26-13-9-17(10-14-26)15-25-12-11-18-5-1-2-6-19(18)16-25/h1-8,17H,9-16H2,(H,24,27). The molecule has 2 aromatic carbocycles. The number of nitrogens with one attached hydrogen (secondary N) is 1. The highest BCUT2D eigenvalue weighted by atomic mass is 79.9. The molecule has 5 heteroatoms. The van der Waals surface area contributed by atoms with Crippen molar-refractivity contribution in [2.24, 2.45) is 5.92 Å². The average Bonchev–Trinajstić information content (AvgIpc) is 2.70. The summed E-state index contributed by atoms with van der Waals surface area (Å²) in [6, 6.07) is 16.6. The van der Waals surface area contributed by atoms with Crippen LogP contribution in [0.4, 0.5) is 10.5 Å². The Hall–Kier alpha value is -1.85. The first-order valence-electron chi connectivity index (χ1n) is 9.78. The number of amides is 2. The van der Waals surface area contributed by atoms with Gasteiger partial charge in [-0.25, -0.2) is 4.79 Å². The van der Waals surface area contributed by atoms with Crippen LogP contribution < -0.4 is 5.32 Å². The number of hydrogen-bond donors (Lipinski definition) is 1. The Morgan fingerprint density at radius 2 is 1.70 bits per heavy atom. The van der Waals surface area contributed by atoms with E-state index in [-0.39, 0.29) is 6.03 Å². The molecule has 0 spiro atoms. The zero-order chi connectivity index (χ0) is 18.6. The normalized spacial score (nSPS) is 18.2. The molecule has 1 fully saturated rings. The molecule has 1 saturated heterocycles. The first-order chi connectivity index (χ1) is 13.2. The predicted molar refractivity (Wildman–Crippen MR) is 113 cm³/mol. The molecule has 0 bridgehead atoms. The van der Waals surface area contributed by atoms with Crippen LogP contribution in [0.15, 0.2) is 53.0 Å². The molecule has 0 saturated carbocycles. The zero-order valence-electron chi connectivity index (χ0n) is 15.5. The van der Waals surface area contributed by atoms with Gasteiger partial charge in [0, 0.05) is 37.2 Å². The molecule has 0 radical (unpaired) electrons. The molecular weight excluding hydrogens is 402 g/mol. The summed E-state index contributed by atoms with van der Waals surface area (Å²) in [5.74, 6) is 0.683. The zero-order valence-corrected chi connectivity index (χ0v) is 17.1. The fraction of sp³-hybridized carbons (Fsp3) is 0.409. The number of carbonyl (C=O) groups is 1. The number of carbonyl (C=O) groups excluding carboxylic acids is 1. The van der Waals surface area contributed by atoms with E-state index in [0.717, 1.165) is 62.1 Å². The van der Waals surface area contributed by atoms with E-state index < -0.39 is 0 Å². The van der Waals surface area contributed by atoms with Gasteiger partial charge in [-0.2, -0.15) is 0 Å². The molecule has 4 rings (SSSR count). The SMILES string of the molecule is O=C(Nc1ccccc1Br)N1CCC(CN2CCc3ccccc3C2)CC1. The number of hydrogen-bond acceptors (Lipinski definition) is 2. The summed E-state index contributed by atoms with van der Waals surface area (Å²) < 4.78 is 0.915. The number of rotatable bonds is 3. The molecule has 142 valence electrons. The summed E-state index contributed by atoms with van der Waals surface area (Å²) >= 11 is 3.49. The summed E-state index contributed by atoms with van der Waals surface area (Å²) in [6.45, 7) is 5.05. The Morgan fingerprint density at radius 1 is 1.00 bits per heavy atom. The number of halogens is 1. The average molecular weight is 428 g/mol. The molecule has 2 aromatic rings. The summed E-state index contributed by atoms with van der Waals surface area (Å²) in [4.78, 5) is 17.1. The van der Waals surface area contributed by atoms with Crippen LogP contribution in [-0.4, -0.2) is 42.0 Å². The van der Waals surface area contributed by atoms with Gasteiger partial charge in [0.05, 0.1) is 5.69 Å². The maximum atomic E-state index is 12.5. The summed E-state index contributed by atoms with van der Waals surface area (Å²) in [5, 5.41) is 3.02. The van der Waals surface area contributed by atoms with Crippen molar-refractivity contribution >= 4 is 27.6 Å². The van der Waals surface area contributed by atoms with Crippen LogP contribution >= 0.6 is 15.9 Å². The van der Waals surface area contributed by atoms with Gasteiger partial charge in [-0.15, -0.1) is 0 Å². The molecule has 4 nitrogen and oxygen atoms in total. The topological polar surface area (TPSA) is 35.6 Å². The maximum Gasteiger partial charge on any atom is 0.321 e. The number of likely N-dealkylation sites (tertiary alicyclic amines) is 1. The summed E-state index contributed by atoms with van der Waals surface area (Å²) in [7, 11) is 0. The molecule has 0 aromatic heterocycles. The highest BCUT2D eigenvalue weighted by Crippen LogP contribution is 2.25. The second kappa shape index (κ2) is 8.44. The van der Waals surface area contributed by atoms with Gasteiger partial charge < -0.3 is 10.2 Å². The number of para-hydroxylation sites is 1. The molecule has 2 aliphatic rings. The van der Waals surface area contributed by atoms with Crippen LogP contribution in [0, 0.1) is 5.92 Å². The predicted octanol–water partition coefficient (Wildman–Crippen LogP) is 4.75. The minimum Gasteiger partial charge on any atom is -0.325 e. The lowest BCUT2D eigenvalue weighted by atomic mass is 9.94. The van der Waals surface area contributed by atoms with Gasteiger partial charge >= 0.3 is 6.03 Å². The van der Waals surface area contributed by atoms with E-state index >= 15 is 0 Å². The number of anilines is 1. The van der Waals surface area contributed by atoms with Crippen LogP contribution in [0.25, 0.3) is 0 Å². The van der Waals surface area contributed by atoms with Crippen molar-refractivity contribution < 1.29 is 4.79 Å². The van der Waals surface area contributed by atoms with Crippen LogP contribution in [0.3, 0.4) is 0 Å². The molecule has 0 aliphatic carbocycles. The molecule has 2 amide bonds. The van der Waals surface area contributed by atoms with E-state index in [1.807, 2.05) is 29.2 Å². The largest absolute Gasteiger partial charge is 0.325 e. The first kappa shape index (κ1) is 18.5. The van der Waals surface area contributed by atoms with Crippen molar-refractivity contribution in [1.82, 2.24) is 9.80 Å². The van der Waals surface area contributed by atoms with Crippen molar-refractivity contribution in [3.05, 3.63) is 64.1 Å². The Bertz CT molecular complexity index is 802. The van der Waals surface area contributed by atoms with E-state index in [1.54, 1.807) is 0 Å². The Balaban J connectivity index is 1.26. The lowest BCUT2D eigenvalue weighted by Gasteiger charge is -2.36.